The van der Waals surface area contributed by atoms with Gasteiger partial charge in [-0.15, -0.1) is 0 Å². The quantitative estimate of drug-likeness (QED) is 0.106. The number of sulfonamides is 2. The normalized spacial score (nSPS) is 30.2. The Morgan fingerprint density at radius 2 is 1.04 bits per heavy atom. The lowest BCUT2D eigenvalue weighted by atomic mass is 9.68. The van der Waals surface area contributed by atoms with Crippen LogP contribution in [0.2, 0.25) is 10.0 Å². The molecule has 516 valence electrons. The molecule has 9 N–H and O–H groups in total. The number of nitrogens with one attached hydrogen (secondary N) is 1. The van der Waals surface area contributed by atoms with Gasteiger partial charge in [-0.3, -0.25) is 23.9 Å². The standard InChI is InChI=1S/C35H44ClN3O7S.C34H42ClN3O5.CH5NO2S/c1-38-16-5-3-4-8-30(40)27-12-9-24(27)20-39-21-34(15-6-7-23-17-26(36)11-13-28(23)34)22-46-31-14-10-25(18-29(31)39)35(43,19-32(38)41)33(42)37-47(2,44)45;1-37-15-4-2-3-7-29(39)26-11-8-23(26)19-38-20-33(14-5-6-22-16-25(35)10-12-27(22)33)21-43-30-13-9-24(17-28(30)38)34(42,32(36)41)18-31(37)40;1-5(2,3)4/h4,8,10-11,13-14,17-18,24,27,30,40,43H,3,5-7,9,12,15-16,19-22H2,1-2H3,(H,37,42);3,7,9-10,12-13,16-17,23,26,29,39,42H,2,4-6,8,11,14-15,18-21H2,1H3,(H2,36,41);1H3,(H2,2,3,4)/b8-4+;7-3+;/t24-,27+,30-,34-,35-;23-,26+,29-,33-,34+;/m00./s1. The third-order valence-electron chi connectivity index (χ3n) is 20.9. The van der Waals surface area contributed by atoms with E-state index < -0.39 is 74.0 Å². The summed E-state index contributed by atoms with van der Waals surface area (Å²) in [6, 6.07) is 22.3. The molecule has 2 spiro atoms. The fraction of sp³-hybridized carbons (Fsp3) is 0.543. The lowest BCUT2D eigenvalue weighted by Crippen LogP contribution is -2.50. The molecule has 2 fully saturated rings. The van der Waals surface area contributed by atoms with Crippen LogP contribution >= 0.6 is 23.2 Å². The Morgan fingerprint density at radius 1 is 0.621 bits per heavy atom. The van der Waals surface area contributed by atoms with E-state index >= 15 is 0 Å². The largest absolute Gasteiger partial charge is 0.490 e. The zero-order valence-corrected chi connectivity index (χ0v) is 57.7. The first-order chi connectivity index (χ1) is 44.9. The van der Waals surface area contributed by atoms with Gasteiger partial charge < -0.3 is 55.2 Å². The average molecular weight is 1390 g/mol. The Bertz CT molecular complexity index is 3830. The van der Waals surface area contributed by atoms with Crippen molar-refractivity contribution in [1.29, 1.82) is 0 Å². The number of halogens is 2. The molecular formula is C70H91Cl2N7O14S2. The molecule has 4 bridgehead atoms. The molecule has 0 unspecified atom stereocenters. The molecule has 25 heteroatoms. The number of nitrogens with two attached hydrogens (primary N) is 2. The van der Waals surface area contributed by atoms with E-state index in [4.69, 9.17) is 38.4 Å². The molecule has 4 amide bonds. The van der Waals surface area contributed by atoms with Crippen LogP contribution in [-0.2, 0) is 74.1 Å². The molecule has 4 aromatic rings. The van der Waals surface area contributed by atoms with Gasteiger partial charge in [-0.25, -0.2) is 22.0 Å². The highest BCUT2D eigenvalue weighted by Crippen LogP contribution is 2.50. The van der Waals surface area contributed by atoms with Crippen LogP contribution in [0.15, 0.2) is 97.1 Å². The first-order valence-corrected chi connectivity index (χ1v) is 37.5. The van der Waals surface area contributed by atoms with Crippen molar-refractivity contribution in [2.75, 3.05) is 88.9 Å². The van der Waals surface area contributed by atoms with Crippen LogP contribution in [0, 0.1) is 23.7 Å². The van der Waals surface area contributed by atoms with Crippen molar-refractivity contribution in [1.82, 2.24) is 14.5 Å². The summed E-state index contributed by atoms with van der Waals surface area (Å²) in [6.07, 6.45) is 19.5. The van der Waals surface area contributed by atoms with Crippen LogP contribution in [-0.4, -0.2) is 162 Å². The summed E-state index contributed by atoms with van der Waals surface area (Å²) in [6.45, 7) is 4.26. The number of aliphatic hydroxyl groups excluding tert-OH is 2. The Kier molecular flexibility index (Phi) is 21.9. The monoisotopic (exact) mass is 1390 g/mol. The third kappa shape index (κ3) is 16.3. The number of primary amides is 1. The van der Waals surface area contributed by atoms with Gasteiger partial charge in [0.25, 0.3) is 11.8 Å². The van der Waals surface area contributed by atoms with E-state index in [0.29, 0.717) is 100 Å². The predicted molar refractivity (Wildman–Crippen MR) is 365 cm³/mol. The SMILES string of the molecule is CN1CCC/C=C/[C@H](O)[C@@H]2CC[C@H]2CN2C[C@@]3(CCCc4cc(Cl)ccc43)COc3ccc(cc32)[C@@](O)(C(N)=O)CC1=O.CN1CCC/C=C/[C@H](O)[C@@H]2CC[C@H]2CN2C[C@@]3(CCCc4cc(Cl)ccc43)COc3ccc(cc32)[C@](O)(C(=O)NS(C)(=O)=O)CC1=O.CS(N)(=O)=O. The molecule has 0 radical (unpaired) electrons. The van der Waals surface area contributed by atoms with E-state index in [1.807, 2.05) is 47.2 Å². The molecule has 8 aliphatic rings. The van der Waals surface area contributed by atoms with Gasteiger partial charge in [0.05, 0.1) is 62.1 Å². The van der Waals surface area contributed by atoms with Gasteiger partial charge in [-0.1, -0.05) is 71.8 Å². The maximum absolute atomic E-state index is 13.5. The molecule has 0 aromatic heterocycles. The topological polar surface area (TPSA) is 313 Å². The summed E-state index contributed by atoms with van der Waals surface area (Å²) in [5.41, 5.74) is 7.14. The molecule has 95 heavy (non-hydrogen) atoms. The van der Waals surface area contributed by atoms with Crippen molar-refractivity contribution in [2.24, 2.45) is 34.5 Å². The number of rotatable bonds is 3. The third-order valence-corrected chi connectivity index (χ3v) is 21.9. The van der Waals surface area contributed by atoms with Crippen molar-refractivity contribution >= 4 is 78.3 Å². The Morgan fingerprint density at radius 3 is 1.44 bits per heavy atom. The number of primary sulfonamides is 1. The van der Waals surface area contributed by atoms with Gasteiger partial charge in [-0.2, -0.15) is 0 Å². The van der Waals surface area contributed by atoms with Gasteiger partial charge in [0.15, 0.2) is 11.2 Å². The number of nitrogens with zero attached hydrogens (tertiary/aromatic N) is 4. The van der Waals surface area contributed by atoms with Gasteiger partial charge in [0.1, 0.15) is 11.5 Å². The number of aryl methyl sites for hydroxylation is 2. The molecule has 4 heterocycles. The van der Waals surface area contributed by atoms with Crippen LogP contribution in [0.3, 0.4) is 0 Å². The molecular weight excluding hydrogens is 1300 g/mol. The van der Waals surface area contributed by atoms with Gasteiger partial charge in [0.2, 0.25) is 31.9 Å². The molecule has 10 atom stereocenters. The number of benzene rings is 4. The number of hydrogen-bond donors (Lipinski definition) is 7. The zero-order chi connectivity index (χ0) is 68.4. The highest BCUT2D eigenvalue weighted by molar-refractivity contribution is 7.89. The molecule has 12 rings (SSSR count). The fourth-order valence-electron chi connectivity index (χ4n) is 15.4. The van der Waals surface area contributed by atoms with Crippen LogP contribution in [0.5, 0.6) is 11.5 Å². The minimum Gasteiger partial charge on any atom is -0.490 e. The molecule has 0 saturated heterocycles. The Labute approximate surface area is 567 Å². The fourth-order valence-corrected chi connectivity index (χ4v) is 16.3. The van der Waals surface area contributed by atoms with Crippen LogP contribution in [0.1, 0.15) is 123 Å². The van der Waals surface area contributed by atoms with Gasteiger partial charge in [0, 0.05) is 74.2 Å². The molecule has 4 aliphatic carbocycles. The summed E-state index contributed by atoms with van der Waals surface area (Å²) in [7, 11) is -3.96. The number of fused-ring (bicyclic) bond motifs is 8. The summed E-state index contributed by atoms with van der Waals surface area (Å²) < 4.78 is 58.2. The van der Waals surface area contributed by atoms with Crippen molar-refractivity contribution in [3.8, 4) is 11.5 Å². The summed E-state index contributed by atoms with van der Waals surface area (Å²) in [5, 5.41) is 51.8. The minimum atomic E-state index is -4.05. The highest BCUT2D eigenvalue weighted by atomic mass is 35.5. The summed E-state index contributed by atoms with van der Waals surface area (Å²) in [5.74, 6) is -1.15. The van der Waals surface area contributed by atoms with Gasteiger partial charge >= 0.3 is 0 Å². The second kappa shape index (κ2) is 29.0. The number of carbonyl (C=O) groups is 4. The first-order valence-electron chi connectivity index (χ1n) is 32.9. The summed E-state index contributed by atoms with van der Waals surface area (Å²) in [4.78, 5) is 60.4. The Hall–Kier alpha value is -6.28. The van der Waals surface area contributed by atoms with E-state index in [-0.39, 0.29) is 51.5 Å². The van der Waals surface area contributed by atoms with E-state index in [1.54, 1.807) is 44.4 Å². The maximum atomic E-state index is 13.5. The number of carbonyl (C=O) groups excluding carboxylic acids is 4. The van der Waals surface area contributed by atoms with Crippen molar-refractivity contribution in [3.63, 3.8) is 0 Å². The van der Waals surface area contributed by atoms with Crippen LogP contribution in [0.25, 0.3) is 0 Å². The van der Waals surface area contributed by atoms with Crippen LogP contribution in [0.4, 0.5) is 11.4 Å². The van der Waals surface area contributed by atoms with E-state index in [0.717, 1.165) is 87.4 Å². The van der Waals surface area contributed by atoms with Gasteiger partial charge in [-0.05, 0) is 195 Å². The molecule has 4 aromatic carbocycles. The summed E-state index contributed by atoms with van der Waals surface area (Å²) >= 11 is 12.8. The number of aliphatic hydroxyl groups is 4. The molecule has 2 saturated carbocycles. The van der Waals surface area contributed by atoms with Crippen LogP contribution < -0.4 is 34.9 Å². The highest BCUT2D eigenvalue weighted by Gasteiger charge is 2.49. The lowest BCUT2D eigenvalue weighted by molar-refractivity contribution is -0.148. The number of anilines is 2. The minimum absolute atomic E-state index is 0.0767. The number of amides is 4. The Balaban J connectivity index is 0.000000194. The van der Waals surface area contributed by atoms with E-state index in [1.165, 1.54) is 38.1 Å². The molecule has 4 aliphatic heterocycles. The lowest BCUT2D eigenvalue weighted by Gasteiger charge is -2.45. The predicted octanol–water partition coefficient (Wildman–Crippen LogP) is 6.64. The maximum Gasteiger partial charge on any atom is 0.270 e. The van der Waals surface area contributed by atoms with Crippen molar-refractivity contribution < 1.29 is 65.9 Å². The number of hydrogen-bond acceptors (Lipinski definition) is 16. The van der Waals surface area contributed by atoms with Crippen molar-refractivity contribution in [3.05, 3.63) is 141 Å². The van der Waals surface area contributed by atoms with E-state index in [2.05, 4.69) is 33.1 Å². The van der Waals surface area contributed by atoms with Crippen molar-refractivity contribution in [2.45, 2.75) is 137 Å². The average Bonchev–Trinajstić information content (AvgIpc) is 1.71. The zero-order valence-electron chi connectivity index (χ0n) is 54.6. The van der Waals surface area contributed by atoms with E-state index in [9.17, 15) is 56.4 Å². The second-order valence-corrected chi connectivity index (χ2v) is 32.1. The molecule has 21 nitrogen and oxygen atoms in total. The number of ether oxygens (including phenoxy) is 2. The second-order valence-electron chi connectivity index (χ2n) is 27.8. The smallest absolute Gasteiger partial charge is 0.270 e. The first kappa shape index (κ1) is 71.5. The number of allylic oxidation sites excluding steroid dienone is 2.